The molecule has 2 heterocycles. The summed E-state index contributed by atoms with van der Waals surface area (Å²) in [6.45, 7) is 4.38. The van der Waals surface area contributed by atoms with E-state index in [-0.39, 0.29) is 0 Å². The van der Waals surface area contributed by atoms with Crippen molar-refractivity contribution in [3.05, 3.63) is 52.5 Å². The third-order valence-corrected chi connectivity index (χ3v) is 5.01. The summed E-state index contributed by atoms with van der Waals surface area (Å²) in [4.78, 5) is 4.34. The maximum Gasteiger partial charge on any atom is 0.138 e. The summed E-state index contributed by atoms with van der Waals surface area (Å²) >= 11 is 1.69. The second kappa shape index (κ2) is 5.74. The fourth-order valence-corrected chi connectivity index (χ4v) is 3.85. The molecule has 0 saturated heterocycles. The van der Waals surface area contributed by atoms with Crippen LogP contribution in [-0.2, 0) is 12.8 Å². The van der Waals surface area contributed by atoms with Gasteiger partial charge < -0.3 is 0 Å². The largest absolute Gasteiger partial charge is 0.245 e. The van der Waals surface area contributed by atoms with E-state index in [2.05, 4.69) is 53.4 Å². The first-order valence-corrected chi connectivity index (χ1v) is 8.66. The fraction of sp³-hybridized carbons (Fsp3) is 0.278. The van der Waals surface area contributed by atoms with Crippen LogP contribution in [0.2, 0.25) is 0 Å². The van der Waals surface area contributed by atoms with Gasteiger partial charge in [0.05, 0.1) is 15.7 Å². The molecular formula is C18H17N3OS. The molecule has 0 amide bonds. The summed E-state index contributed by atoms with van der Waals surface area (Å²) in [5, 5.41) is 8.05. The average Bonchev–Trinajstić information content (AvgIpc) is 3.19. The highest BCUT2D eigenvalue weighted by molar-refractivity contribution is 7.16. The van der Waals surface area contributed by atoms with Crippen LogP contribution in [0.5, 0.6) is 0 Å². The SMILES string of the molecule is CC(C)c1c(CCc2ccc3ncsc3c2)ccc2nonc12. The Balaban J connectivity index is 1.65. The minimum atomic E-state index is 0.393. The van der Waals surface area contributed by atoms with Crippen LogP contribution in [0.25, 0.3) is 21.3 Å². The van der Waals surface area contributed by atoms with Crippen LogP contribution in [0, 0.1) is 0 Å². The zero-order valence-electron chi connectivity index (χ0n) is 13.1. The van der Waals surface area contributed by atoms with Crippen molar-refractivity contribution in [1.29, 1.82) is 0 Å². The van der Waals surface area contributed by atoms with Crippen LogP contribution < -0.4 is 0 Å². The van der Waals surface area contributed by atoms with E-state index in [9.17, 15) is 0 Å². The van der Waals surface area contributed by atoms with E-state index in [4.69, 9.17) is 4.63 Å². The predicted molar refractivity (Wildman–Crippen MR) is 92.9 cm³/mol. The number of aryl methyl sites for hydroxylation is 2. The van der Waals surface area contributed by atoms with E-state index >= 15 is 0 Å². The van der Waals surface area contributed by atoms with E-state index in [1.54, 1.807) is 11.3 Å². The lowest BCUT2D eigenvalue weighted by molar-refractivity contribution is 0.315. The molecule has 23 heavy (non-hydrogen) atoms. The Labute approximate surface area is 138 Å². The Kier molecular flexibility index (Phi) is 3.58. The number of hydrogen-bond acceptors (Lipinski definition) is 5. The first-order valence-electron chi connectivity index (χ1n) is 7.78. The lowest BCUT2D eigenvalue weighted by Gasteiger charge is -2.12. The summed E-state index contributed by atoms with van der Waals surface area (Å²) < 4.78 is 6.16. The molecule has 4 aromatic rings. The topological polar surface area (TPSA) is 51.8 Å². The second-order valence-electron chi connectivity index (χ2n) is 6.08. The van der Waals surface area contributed by atoms with Crippen molar-refractivity contribution in [3.8, 4) is 0 Å². The summed E-state index contributed by atoms with van der Waals surface area (Å²) in [6, 6.07) is 10.7. The average molecular weight is 323 g/mol. The molecule has 4 nitrogen and oxygen atoms in total. The Morgan fingerprint density at radius 2 is 1.91 bits per heavy atom. The molecule has 5 heteroatoms. The molecule has 4 rings (SSSR count). The first kappa shape index (κ1) is 14.3. The number of fused-ring (bicyclic) bond motifs is 2. The van der Waals surface area contributed by atoms with Crippen molar-refractivity contribution < 1.29 is 4.63 Å². The summed E-state index contributed by atoms with van der Waals surface area (Å²) in [7, 11) is 0. The highest BCUT2D eigenvalue weighted by Gasteiger charge is 2.15. The molecule has 0 aliphatic heterocycles. The Morgan fingerprint density at radius 3 is 2.78 bits per heavy atom. The monoisotopic (exact) mass is 323 g/mol. The maximum absolute atomic E-state index is 4.91. The van der Waals surface area contributed by atoms with Crippen LogP contribution in [0.4, 0.5) is 0 Å². The van der Waals surface area contributed by atoms with Gasteiger partial charge in [-0.1, -0.05) is 26.0 Å². The molecule has 0 aliphatic rings. The quantitative estimate of drug-likeness (QED) is 0.544. The van der Waals surface area contributed by atoms with Crippen molar-refractivity contribution >= 4 is 32.6 Å². The lowest BCUT2D eigenvalue weighted by atomic mass is 9.92. The number of hydrogen-bond donors (Lipinski definition) is 0. The maximum atomic E-state index is 4.91. The normalized spacial score (nSPS) is 11.8. The molecule has 0 aliphatic carbocycles. The molecule has 0 radical (unpaired) electrons. The zero-order chi connectivity index (χ0) is 15.8. The van der Waals surface area contributed by atoms with Gasteiger partial charge in [0, 0.05) is 0 Å². The molecule has 2 aromatic heterocycles. The van der Waals surface area contributed by atoms with Crippen molar-refractivity contribution in [1.82, 2.24) is 15.3 Å². The number of benzene rings is 2. The van der Waals surface area contributed by atoms with Crippen LogP contribution in [0.3, 0.4) is 0 Å². The molecule has 0 fully saturated rings. The third kappa shape index (κ3) is 2.61. The van der Waals surface area contributed by atoms with Gasteiger partial charge in [0.15, 0.2) is 0 Å². The minimum absolute atomic E-state index is 0.393. The van der Waals surface area contributed by atoms with Gasteiger partial charge >= 0.3 is 0 Å². The Hall–Kier alpha value is -2.27. The predicted octanol–water partition coefficient (Wildman–Crippen LogP) is 4.74. The van der Waals surface area contributed by atoms with Gasteiger partial charge in [0.1, 0.15) is 11.0 Å². The van der Waals surface area contributed by atoms with Gasteiger partial charge in [-0.2, -0.15) is 0 Å². The van der Waals surface area contributed by atoms with Gasteiger partial charge in [-0.3, -0.25) is 0 Å². The molecule has 0 saturated carbocycles. The van der Waals surface area contributed by atoms with Crippen molar-refractivity contribution in [3.63, 3.8) is 0 Å². The summed E-state index contributed by atoms with van der Waals surface area (Å²) in [6.07, 6.45) is 1.99. The molecule has 0 unspecified atom stereocenters. The second-order valence-corrected chi connectivity index (χ2v) is 6.97. The summed E-state index contributed by atoms with van der Waals surface area (Å²) in [5.41, 5.74) is 8.64. The molecular weight excluding hydrogens is 306 g/mol. The first-order chi connectivity index (χ1) is 11.2. The minimum Gasteiger partial charge on any atom is -0.245 e. The lowest BCUT2D eigenvalue weighted by Crippen LogP contribution is -2.00. The smallest absolute Gasteiger partial charge is 0.138 e. The van der Waals surface area contributed by atoms with Gasteiger partial charge in [-0.25, -0.2) is 9.61 Å². The fourth-order valence-electron chi connectivity index (χ4n) is 3.11. The van der Waals surface area contributed by atoms with Crippen LogP contribution in [0.15, 0.2) is 40.5 Å². The van der Waals surface area contributed by atoms with E-state index in [1.807, 2.05) is 11.6 Å². The number of aromatic nitrogens is 3. The Bertz CT molecular complexity index is 971. The van der Waals surface area contributed by atoms with E-state index < -0.39 is 0 Å². The number of rotatable bonds is 4. The zero-order valence-corrected chi connectivity index (χ0v) is 13.9. The highest BCUT2D eigenvalue weighted by Crippen LogP contribution is 2.28. The molecule has 116 valence electrons. The standard InChI is InChI=1S/C18H17N3OS/c1-11(2)17-13(6-8-15-18(17)21-22-20-15)5-3-12-4-7-14-16(9-12)23-10-19-14/h4,6-11H,3,5H2,1-2H3. The molecule has 0 spiro atoms. The molecule has 0 bridgehead atoms. The van der Waals surface area contributed by atoms with Crippen LogP contribution >= 0.6 is 11.3 Å². The van der Waals surface area contributed by atoms with Gasteiger partial charge in [0.25, 0.3) is 0 Å². The highest BCUT2D eigenvalue weighted by atomic mass is 32.1. The van der Waals surface area contributed by atoms with E-state index in [0.29, 0.717) is 5.92 Å². The third-order valence-electron chi connectivity index (χ3n) is 4.21. The number of thiazole rings is 1. The van der Waals surface area contributed by atoms with E-state index in [0.717, 1.165) is 29.4 Å². The van der Waals surface area contributed by atoms with E-state index in [1.165, 1.54) is 21.4 Å². The molecule has 0 N–H and O–H groups in total. The van der Waals surface area contributed by atoms with Crippen LogP contribution in [-0.4, -0.2) is 15.3 Å². The van der Waals surface area contributed by atoms with Crippen molar-refractivity contribution in [2.24, 2.45) is 0 Å². The van der Waals surface area contributed by atoms with Crippen LogP contribution in [0.1, 0.15) is 36.5 Å². The van der Waals surface area contributed by atoms with Gasteiger partial charge in [0.2, 0.25) is 0 Å². The Morgan fingerprint density at radius 1 is 1.04 bits per heavy atom. The van der Waals surface area contributed by atoms with Gasteiger partial charge in [-0.05, 0) is 64.0 Å². The number of nitrogens with zero attached hydrogens (tertiary/aromatic N) is 3. The molecule has 2 aromatic carbocycles. The van der Waals surface area contributed by atoms with Gasteiger partial charge in [-0.15, -0.1) is 11.3 Å². The van der Waals surface area contributed by atoms with Crippen molar-refractivity contribution in [2.45, 2.75) is 32.6 Å². The van der Waals surface area contributed by atoms with Crippen molar-refractivity contribution in [2.75, 3.05) is 0 Å². The molecule has 0 atom stereocenters. The summed E-state index contributed by atoms with van der Waals surface area (Å²) in [5.74, 6) is 0.393.